The summed E-state index contributed by atoms with van der Waals surface area (Å²) in [6.45, 7) is 0. The summed E-state index contributed by atoms with van der Waals surface area (Å²) in [5.74, 6) is -0.319. The summed E-state index contributed by atoms with van der Waals surface area (Å²) in [5, 5.41) is 0.765. The summed E-state index contributed by atoms with van der Waals surface area (Å²) in [4.78, 5) is 11.4. The van der Waals surface area contributed by atoms with Crippen LogP contribution in [0.4, 0.5) is 5.69 Å². The predicted octanol–water partition coefficient (Wildman–Crippen LogP) is 0.945. The highest BCUT2D eigenvalue weighted by Crippen LogP contribution is 2.17. The number of anilines is 1. The van der Waals surface area contributed by atoms with E-state index in [1.807, 2.05) is 30.3 Å². The first-order valence-electron chi connectivity index (χ1n) is 4.44. The quantitative estimate of drug-likeness (QED) is 0.697. The van der Waals surface area contributed by atoms with Crippen LogP contribution in [0.3, 0.4) is 0 Å². The number of hydrogen-bond donors (Lipinski definition) is 2. The Morgan fingerprint density at radius 2 is 2.00 bits per heavy atom. The molecule has 0 spiro atoms. The Hall–Kier alpha value is -1.68. The average molecular weight is 224 g/mol. The lowest BCUT2D eigenvalue weighted by Gasteiger charge is -2.28. The minimum absolute atomic E-state index is 0.319. The van der Waals surface area contributed by atoms with Crippen LogP contribution in [0.5, 0.6) is 0 Å². The molecule has 0 radical (unpaired) electrons. The lowest BCUT2D eigenvalue weighted by atomic mass is 10.2. The molecule has 1 atom stereocenters. The predicted molar refractivity (Wildman–Crippen MR) is 59.0 cm³/mol. The standard InChI is InChI=1S/C10H10ClN3O/c11-9-8(12)6-14(13-10(9)15)7-4-2-1-3-5-7/h1-6,9H,12H2,(H,13,15). The molecule has 2 rings (SSSR count). The highest BCUT2D eigenvalue weighted by Gasteiger charge is 2.25. The molecule has 0 aliphatic carbocycles. The van der Waals surface area contributed by atoms with Gasteiger partial charge in [-0.05, 0) is 12.1 Å². The Bertz CT molecular complexity index is 404. The molecule has 1 aliphatic heterocycles. The lowest BCUT2D eigenvalue weighted by Crippen LogP contribution is -2.49. The fraction of sp³-hybridized carbons (Fsp3) is 0.100. The summed E-state index contributed by atoms with van der Waals surface area (Å²) < 4.78 is 0. The molecule has 0 aromatic heterocycles. The maximum atomic E-state index is 11.4. The van der Waals surface area contributed by atoms with Gasteiger partial charge in [0.2, 0.25) is 0 Å². The van der Waals surface area contributed by atoms with Crippen molar-refractivity contribution in [2.45, 2.75) is 5.38 Å². The average Bonchev–Trinajstić information content (AvgIpc) is 2.26. The fourth-order valence-electron chi connectivity index (χ4n) is 1.30. The summed E-state index contributed by atoms with van der Waals surface area (Å²) in [7, 11) is 0. The number of carbonyl (C=O) groups excluding carboxylic acids is 1. The molecule has 15 heavy (non-hydrogen) atoms. The number of rotatable bonds is 1. The fourth-order valence-corrected chi connectivity index (χ4v) is 1.41. The van der Waals surface area contributed by atoms with Crippen molar-refractivity contribution >= 4 is 23.2 Å². The first-order chi connectivity index (χ1) is 7.18. The van der Waals surface area contributed by atoms with Gasteiger partial charge in [-0.1, -0.05) is 18.2 Å². The summed E-state index contributed by atoms with van der Waals surface area (Å²) in [5.41, 5.74) is 9.41. The topological polar surface area (TPSA) is 58.4 Å². The van der Waals surface area contributed by atoms with Gasteiger partial charge in [0.25, 0.3) is 5.91 Å². The monoisotopic (exact) mass is 223 g/mol. The van der Waals surface area contributed by atoms with Gasteiger partial charge in [0.1, 0.15) is 0 Å². The van der Waals surface area contributed by atoms with Crippen molar-refractivity contribution in [3.63, 3.8) is 0 Å². The van der Waals surface area contributed by atoms with Crippen molar-refractivity contribution in [2.75, 3.05) is 5.01 Å². The Labute approximate surface area is 92.3 Å². The number of halogens is 1. The zero-order chi connectivity index (χ0) is 10.8. The van der Waals surface area contributed by atoms with Crippen LogP contribution in [0.1, 0.15) is 0 Å². The molecule has 1 aromatic rings. The highest BCUT2D eigenvalue weighted by atomic mass is 35.5. The molecule has 0 saturated heterocycles. The molecule has 1 amide bonds. The number of para-hydroxylation sites is 1. The van der Waals surface area contributed by atoms with E-state index in [2.05, 4.69) is 5.43 Å². The van der Waals surface area contributed by atoms with Crippen LogP contribution in [0, 0.1) is 0 Å². The van der Waals surface area contributed by atoms with Crippen molar-refractivity contribution < 1.29 is 4.79 Å². The number of amides is 1. The molecule has 1 unspecified atom stereocenters. The molecule has 78 valence electrons. The zero-order valence-corrected chi connectivity index (χ0v) is 8.61. The minimum Gasteiger partial charge on any atom is -0.399 e. The molecule has 0 fully saturated rings. The van der Waals surface area contributed by atoms with Crippen molar-refractivity contribution in [3.05, 3.63) is 42.2 Å². The molecule has 0 bridgehead atoms. The van der Waals surface area contributed by atoms with E-state index in [1.165, 1.54) is 0 Å². The Balaban J connectivity index is 2.30. The molecular formula is C10H10ClN3O. The van der Waals surface area contributed by atoms with Crippen molar-refractivity contribution in [2.24, 2.45) is 5.73 Å². The number of nitrogens with two attached hydrogens (primary N) is 1. The largest absolute Gasteiger partial charge is 0.399 e. The first kappa shape index (κ1) is 9.86. The SMILES string of the molecule is NC1=CN(c2ccccc2)NC(=O)C1Cl. The van der Waals surface area contributed by atoms with E-state index in [0.717, 1.165) is 5.69 Å². The lowest BCUT2D eigenvalue weighted by molar-refractivity contribution is -0.120. The number of carbonyl (C=O) groups is 1. The van der Waals surface area contributed by atoms with Gasteiger partial charge >= 0.3 is 0 Å². The third-order valence-electron chi connectivity index (χ3n) is 2.07. The molecule has 1 aliphatic rings. The van der Waals surface area contributed by atoms with Crippen molar-refractivity contribution in [3.8, 4) is 0 Å². The van der Waals surface area contributed by atoms with Gasteiger partial charge in [0.15, 0.2) is 5.38 Å². The van der Waals surface area contributed by atoms with E-state index in [0.29, 0.717) is 5.70 Å². The van der Waals surface area contributed by atoms with E-state index in [-0.39, 0.29) is 5.91 Å². The molecule has 1 heterocycles. The van der Waals surface area contributed by atoms with Crippen LogP contribution in [-0.2, 0) is 4.79 Å². The first-order valence-corrected chi connectivity index (χ1v) is 4.88. The molecule has 4 nitrogen and oxygen atoms in total. The highest BCUT2D eigenvalue weighted by molar-refractivity contribution is 6.33. The summed E-state index contributed by atoms with van der Waals surface area (Å²) >= 11 is 5.74. The summed E-state index contributed by atoms with van der Waals surface area (Å²) in [6, 6.07) is 9.36. The van der Waals surface area contributed by atoms with E-state index in [1.54, 1.807) is 11.2 Å². The second-order valence-corrected chi connectivity index (χ2v) is 3.61. The second-order valence-electron chi connectivity index (χ2n) is 3.17. The van der Waals surface area contributed by atoms with Gasteiger partial charge in [-0.2, -0.15) is 0 Å². The number of benzene rings is 1. The van der Waals surface area contributed by atoms with E-state index in [9.17, 15) is 4.79 Å². The van der Waals surface area contributed by atoms with Crippen LogP contribution < -0.4 is 16.2 Å². The van der Waals surface area contributed by atoms with Gasteiger partial charge < -0.3 is 5.73 Å². The van der Waals surface area contributed by atoms with Crippen LogP contribution in [0.2, 0.25) is 0 Å². The smallest absolute Gasteiger partial charge is 0.262 e. The van der Waals surface area contributed by atoms with Crippen LogP contribution in [0.25, 0.3) is 0 Å². The zero-order valence-electron chi connectivity index (χ0n) is 7.85. The Kier molecular flexibility index (Phi) is 2.51. The van der Waals surface area contributed by atoms with Crippen molar-refractivity contribution in [1.29, 1.82) is 0 Å². The molecule has 5 heteroatoms. The molecule has 3 N–H and O–H groups in total. The van der Waals surface area contributed by atoms with Gasteiger partial charge in [-0.25, -0.2) is 0 Å². The van der Waals surface area contributed by atoms with Crippen molar-refractivity contribution in [1.82, 2.24) is 5.43 Å². The second kappa shape index (κ2) is 3.82. The van der Waals surface area contributed by atoms with Crippen LogP contribution in [0.15, 0.2) is 42.2 Å². The number of nitrogens with zero attached hydrogens (tertiary/aromatic N) is 1. The number of alkyl halides is 1. The third kappa shape index (κ3) is 1.89. The Morgan fingerprint density at radius 1 is 1.33 bits per heavy atom. The van der Waals surface area contributed by atoms with E-state index in [4.69, 9.17) is 17.3 Å². The number of hydrogen-bond acceptors (Lipinski definition) is 3. The van der Waals surface area contributed by atoms with Gasteiger partial charge in [-0.3, -0.25) is 15.2 Å². The number of hydrazine groups is 1. The molecule has 1 aromatic carbocycles. The maximum absolute atomic E-state index is 11.4. The van der Waals surface area contributed by atoms with Crippen LogP contribution in [-0.4, -0.2) is 11.3 Å². The van der Waals surface area contributed by atoms with E-state index >= 15 is 0 Å². The third-order valence-corrected chi connectivity index (χ3v) is 2.52. The Morgan fingerprint density at radius 3 is 2.60 bits per heavy atom. The van der Waals surface area contributed by atoms with Gasteiger partial charge in [0.05, 0.1) is 11.4 Å². The normalized spacial score (nSPS) is 20.9. The maximum Gasteiger partial charge on any atom is 0.262 e. The summed E-state index contributed by atoms with van der Waals surface area (Å²) in [6.07, 6.45) is 1.61. The van der Waals surface area contributed by atoms with Crippen LogP contribution >= 0.6 is 11.6 Å². The van der Waals surface area contributed by atoms with E-state index < -0.39 is 5.38 Å². The van der Waals surface area contributed by atoms with Gasteiger partial charge in [-0.15, -0.1) is 11.6 Å². The number of nitrogens with one attached hydrogen (secondary N) is 1. The minimum atomic E-state index is -0.787. The molecular weight excluding hydrogens is 214 g/mol. The molecule has 0 saturated carbocycles. The van der Waals surface area contributed by atoms with Gasteiger partial charge in [0, 0.05) is 6.20 Å².